The predicted octanol–water partition coefficient (Wildman–Crippen LogP) is 1.37. The van der Waals surface area contributed by atoms with Gasteiger partial charge in [-0.2, -0.15) is 0 Å². The molecule has 0 saturated heterocycles. The lowest BCUT2D eigenvalue weighted by atomic mass is 9.79. The molecule has 1 aromatic carbocycles. The molecule has 0 spiro atoms. The summed E-state index contributed by atoms with van der Waals surface area (Å²) < 4.78 is 5.55. The van der Waals surface area contributed by atoms with Gasteiger partial charge in [0.1, 0.15) is 0 Å². The zero-order valence-electron chi connectivity index (χ0n) is 10.9. The molecule has 18 heavy (non-hydrogen) atoms. The van der Waals surface area contributed by atoms with Crippen LogP contribution in [0.2, 0.25) is 0 Å². The Morgan fingerprint density at radius 2 is 2.28 bits per heavy atom. The van der Waals surface area contributed by atoms with Crippen molar-refractivity contribution in [2.45, 2.75) is 31.3 Å². The van der Waals surface area contributed by atoms with Crippen LogP contribution in [0.15, 0.2) is 23.1 Å². The van der Waals surface area contributed by atoms with Gasteiger partial charge in [0.05, 0.1) is 6.10 Å². The number of hydrogen-bond donors (Lipinski definition) is 3. The molecular weight excluding hydrogens is 245 g/mol. The topological polar surface area (TPSA) is 41.5 Å². The first-order chi connectivity index (χ1) is 8.58. The number of hydrogen-bond acceptors (Lipinski definition) is 4. The summed E-state index contributed by atoms with van der Waals surface area (Å²) in [4.78, 5) is 0.852. The van der Waals surface area contributed by atoms with Gasteiger partial charge < -0.3 is 15.0 Å². The molecule has 0 bridgehead atoms. The number of fused-ring (bicyclic) bond motifs is 1. The summed E-state index contributed by atoms with van der Waals surface area (Å²) in [5.74, 6) is 0.701. The van der Waals surface area contributed by atoms with Crippen LogP contribution in [0.4, 0.5) is 0 Å². The summed E-state index contributed by atoms with van der Waals surface area (Å²) in [7, 11) is -0.816. The smallest absolute Gasteiger partial charge is 0.423 e. The Morgan fingerprint density at radius 3 is 3.00 bits per heavy atom. The fourth-order valence-corrected chi connectivity index (χ4v) is 2.37. The normalized spacial score (nSPS) is 18.5. The third kappa shape index (κ3) is 3.29. The standard InChI is InChI=1S/C13H20BNO2S/c1-9(2)5-6-15-8-13-11-4-3-10(18)7-12(11)14(16)17-13/h3-4,7,9,13,15-16,18H,5-6,8H2,1-2H3. The molecule has 1 heterocycles. The van der Waals surface area contributed by atoms with Crippen LogP contribution in [0.3, 0.4) is 0 Å². The Balaban J connectivity index is 1.93. The monoisotopic (exact) mass is 265 g/mol. The number of rotatable bonds is 5. The first kappa shape index (κ1) is 13.9. The van der Waals surface area contributed by atoms with Crippen molar-refractivity contribution in [3.8, 4) is 0 Å². The average molecular weight is 265 g/mol. The number of thiol groups is 1. The van der Waals surface area contributed by atoms with Gasteiger partial charge in [-0.05, 0) is 42.0 Å². The average Bonchev–Trinajstić information content (AvgIpc) is 2.61. The van der Waals surface area contributed by atoms with Gasteiger partial charge >= 0.3 is 7.12 Å². The van der Waals surface area contributed by atoms with Gasteiger partial charge in [0.15, 0.2) is 0 Å². The highest BCUT2D eigenvalue weighted by Crippen LogP contribution is 2.24. The van der Waals surface area contributed by atoms with E-state index in [0.29, 0.717) is 5.92 Å². The molecular formula is C13H20BNO2S. The molecule has 0 fully saturated rings. The van der Waals surface area contributed by atoms with Gasteiger partial charge in [-0.15, -0.1) is 12.6 Å². The zero-order chi connectivity index (χ0) is 13.1. The Kier molecular flexibility index (Phi) is 4.73. The van der Waals surface area contributed by atoms with Gasteiger partial charge in [-0.1, -0.05) is 19.9 Å². The van der Waals surface area contributed by atoms with Gasteiger partial charge in [0.25, 0.3) is 0 Å². The van der Waals surface area contributed by atoms with Crippen LogP contribution in [0.1, 0.15) is 31.9 Å². The van der Waals surface area contributed by atoms with E-state index in [9.17, 15) is 5.02 Å². The fourth-order valence-electron chi connectivity index (χ4n) is 2.15. The summed E-state index contributed by atoms with van der Waals surface area (Å²) in [5.41, 5.74) is 1.91. The van der Waals surface area contributed by atoms with E-state index in [2.05, 4.69) is 31.8 Å². The Bertz CT molecular complexity index is 414. The van der Waals surface area contributed by atoms with Crippen molar-refractivity contribution >= 4 is 25.2 Å². The van der Waals surface area contributed by atoms with Crippen LogP contribution < -0.4 is 10.8 Å². The number of benzene rings is 1. The van der Waals surface area contributed by atoms with Crippen molar-refractivity contribution in [3.05, 3.63) is 23.8 Å². The molecule has 1 aliphatic heterocycles. The molecule has 1 aliphatic rings. The van der Waals surface area contributed by atoms with Crippen molar-refractivity contribution < 1.29 is 9.68 Å². The van der Waals surface area contributed by atoms with Crippen molar-refractivity contribution in [2.24, 2.45) is 5.92 Å². The minimum absolute atomic E-state index is 0.0592. The highest BCUT2D eigenvalue weighted by molar-refractivity contribution is 7.80. The van der Waals surface area contributed by atoms with E-state index in [-0.39, 0.29) is 6.10 Å². The molecule has 1 unspecified atom stereocenters. The van der Waals surface area contributed by atoms with Crippen molar-refractivity contribution in [3.63, 3.8) is 0 Å². The minimum atomic E-state index is -0.816. The van der Waals surface area contributed by atoms with Crippen LogP contribution >= 0.6 is 12.6 Å². The van der Waals surface area contributed by atoms with Crippen LogP contribution in [0.5, 0.6) is 0 Å². The quantitative estimate of drug-likeness (QED) is 0.428. The zero-order valence-corrected chi connectivity index (χ0v) is 11.8. The van der Waals surface area contributed by atoms with E-state index in [1.54, 1.807) is 0 Å². The molecule has 2 rings (SSSR count). The minimum Gasteiger partial charge on any atom is -0.423 e. The molecule has 3 nitrogen and oxygen atoms in total. The maximum Gasteiger partial charge on any atom is 0.492 e. The highest BCUT2D eigenvalue weighted by Gasteiger charge is 2.34. The molecule has 0 saturated carbocycles. The maximum absolute atomic E-state index is 9.84. The lowest BCUT2D eigenvalue weighted by Gasteiger charge is -2.14. The van der Waals surface area contributed by atoms with Crippen molar-refractivity contribution in [2.75, 3.05) is 13.1 Å². The fraction of sp³-hybridized carbons (Fsp3) is 0.538. The van der Waals surface area contributed by atoms with Gasteiger partial charge in [-0.3, -0.25) is 0 Å². The molecule has 1 atom stereocenters. The van der Waals surface area contributed by atoms with E-state index in [0.717, 1.165) is 35.4 Å². The molecule has 5 heteroatoms. The van der Waals surface area contributed by atoms with Crippen LogP contribution in [0.25, 0.3) is 0 Å². The highest BCUT2D eigenvalue weighted by atomic mass is 32.1. The molecule has 1 aromatic rings. The van der Waals surface area contributed by atoms with Gasteiger partial charge in [0.2, 0.25) is 0 Å². The summed E-state index contributed by atoms with van der Waals surface area (Å²) in [6.45, 7) is 6.14. The summed E-state index contributed by atoms with van der Waals surface area (Å²) in [6, 6.07) is 5.80. The Labute approximate surface area is 114 Å². The second kappa shape index (κ2) is 6.11. The second-order valence-electron chi connectivity index (χ2n) is 5.18. The first-order valence-corrected chi connectivity index (χ1v) is 6.89. The van der Waals surface area contributed by atoms with Crippen LogP contribution in [0, 0.1) is 5.92 Å². The summed E-state index contributed by atoms with van der Waals surface area (Å²) in [5, 5.41) is 13.2. The molecule has 0 radical (unpaired) electrons. The van der Waals surface area contributed by atoms with E-state index >= 15 is 0 Å². The summed E-state index contributed by atoms with van der Waals surface area (Å²) in [6.07, 6.45) is 1.09. The van der Waals surface area contributed by atoms with E-state index in [1.807, 2.05) is 18.2 Å². The Morgan fingerprint density at radius 1 is 1.50 bits per heavy atom. The summed E-state index contributed by atoms with van der Waals surface area (Å²) >= 11 is 4.28. The van der Waals surface area contributed by atoms with Crippen molar-refractivity contribution in [1.82, 2.24) is 5.32 Å². The molecule has 2 N–H and O–H groups in total. The molecule has 0 aliphatic carbocycles. The van der Waals surface area contributed by atoms with Crippen LogP contribution in [-0.2, 0) is 4.65 Å². The maximum atomic E-state index is 9.84. The number of nitrogens with one attached hydrogen (secondary N) is 1. The van der Waals surface area contributed by atoms with E-state index in [4.69, 9.17) is 4.65 Å². The first-order valence-electron chi connectivity index (χ1n) is 6.45. The second-order valence-corrected chi connectivity index (χ2v) is 5.69. The van der Waals surface area contributed by atoms with Crippen LogP contribution in [-0.4, -0.2) is 25.2 Å². The van der Waals surface area contributed by atoms with Crippen molar-refractivity contribution in [1.29, 1.82) is 0 Å². The van der Waals surface area contributed by atoms with Gasteiger partial charge in [-0.25, -0.2) is 0 Å². The Hall–Kier alpha value is -0.485. The largest absolute Gasteiger partial charge is 0.492 e. The molecule has 98 valence electrons. The third-order valence-electron chi connectivity index (χ3n) is 3.20. The van der Waals surface area contributed by atoms with E-state index in [1.165, 1.54) is 0 Å². The predicted molar refractivity (Wildman–Crippen MR) is 77.5 cm³/mol. The SMILES string of the molecule is CC(C)CCNCC1OB(O)c2cc(S)ccc21. The van der Waals surface area contributed by atoms with Gasteiger partial charge in [0, 0.05) is 11.4 Å². The third-order valence-corrected chi connectivity index (χ3v) is 3.48. The lowest BCUT2D eigenvalue weighted by Crippen LogP contribution is -2.28. The molecule has 0 amide bonds. The lowest BCUT2D eigenvalue weighted by molar-refractivity contribution is 0.186. The molecule has 0 aromatic heterocycles. The van der Waals surface area contributed by atoms with E-state index < -0.39 is 7.12 Å².